The quantitative estimate of drug-likeness (QED) is 0.0262. The monoisotopic (exact) mass is 915 g/mol. The van der Waals surface area contributed by atoms with E-state index in [2.05, 4.69) is 130 Å². The molecule has 6 heteroatoms. The Labute approximate surface area is 406 Å². The molecule has 0 aliphatic heterocycles. The number of allylic oxidation sites excluding steroid dienone is 18. The summed E-state index contributed by atoms with van der Waals surface area (Å²) in [6, 6.07) is 0. The number of rotatable bonds is 47. The van der Waals surface area contributed by atoms with Gasteiger partial charge in [0, 0.05) is 19.3 Å². The molecule has 0 amide bonds. The molecule has 0 N–H and O–H groups in total. The number of hydrogen-bond acceptors (Lipinski definition) is 6. The summed E-state index contributed by atoms with van der Waals surface area (Å²) in [6.07, 6.45) is 72.1. The zero-order chi connectivity index (χ0) is 47.9. The molecule has 0 aromatic heterocycles. The van der Waals surface area contributed by atoms with Gasteiger partial charge in [-0.15, -0.1) is 0 Å². The second-order valence-corrected chi connectivity index (χ2v) is 17.4. The van der Waals surface area contributed by atoms with Crippen molar-refractivity contribution < 1.29 is 28.6 Å². The topological polar surface area (TPSA) is 78.9 Å². The molecule has 66 heavy (non-hydrogen) atoms. The van der Waals surface area contributed by atoms with Crippen LogP contribution in [0, 0.1) is 0 Å². The van der Waals surface area contributed by atoms with Crippen LogP contribution in [0.1, 0.15) is 233 Å². The van der Waals surface area contributed by atoms with Crippen molar-refractivity contribution in [1.29, 1.82) is 0 Å². The van der Waals surface area contributed by atoms with Crippen LogP contribution >= 0.6 is 0 Å². The van der Waals surface area contributed by atoms with Crippen LogP contribution in [-0.4, -0.2) is 37.2 Å². The fraction of sp³-hybridized carbons (Fsp3) is 0.650. The Hall–Kier alpha value is -3.93. The summed E-state index contributed by atoms with van der Waals surface area (Å²) in [5.41, 5.74) is 0. The van der Waals surface area contributed by atoms with E-state index in [4.69, 9.17) is 14.2 Å². The lowest BCUT2D eigenvalue weighted by molar-refractivity contribution is -0.167. The van der Waals surface area contributed by atoms with E-state index in [0.717, 1.165) is 116 Å². The van der Waals surface area contributed by atoms with Gasteiger partial charge in [0.25, 0.3) is 0 Å². The van der Waals surface area contributed by atoms with Gasteiger partial charge >= 0.3 is 17.9 Å². The second kappa shape index (κ2) is 53.7. The number of unbranched alkanes of at least 4 members (excludes halogenated alkanes) is 18. The average molecular weight is 915 g/mol. The number of carbonyl (C=O) groups excluding carboxylic acids is 3. The van der Waals surface area contributed by atoms with E-state index >= 15 is 0 Å². The molecule has 374 valence electrons. The van der Waals surface area contributed by atoms with Crippen LogP contribution < -0.4 is 0 Å². The summed E-state index contributed by atoms with van der Waals surface area (Å²) >= 11 is 0. The highest BCUT2D eigenvalue weighted by Gasteiger charge is 2.19. The van der Waals surface area contributed by atoms with Crippen LogP contribution in [0.15, 0.2) is 109 Å². The molecule has 0 saturated heterocycles. The molecule has 0 unspecified atom stereocenters. The maximum Gasteiger partial charge on any atom is 0.306 e. The van der Waals surface area contributed by atoms with Crippen LogP contribution in [-0.2, 0) is 28.6 Å². The summed E-state index contributed by atoms with van der Waals surface area (Å²) in [7, 11) is 0. The maximum absolute atomic E-state index is 12.8. The highest BCUT2D eigenvalue weighted by molar-refractivity contribution is 5.71. The first-order chi connectivity index (χ1) is 32.5. The van der Waals surface area contributed by atoms with E-state index < -0.39 is 6.10 Å². The lowest BCUT2D eigenvalue weighted by Gasteiger charge is -2.18. The number of hydrogen-bond donors (Lipinski definition) is 0. The van der Waals surface area contributed by atoms with Gasteiger partial charge in [0.1, 0.15) is 13.2 Å². The Morgan fingerprint density at radius 1 is 0.303 bits per heavy atom. The van der Waals surface area contributed by atoms with Gasteiger partial charge in [-0.25, -0.2) is 0 Å². The lowest BCUT2D eigenvalue weighted by Crippen LogP contribution is -2.30. The molecule has 0 aliphatic carbocycles. The molecule has 1 atom stereocenters. The van der Waals surface area contributed by atoms with Crippen LogP contribution in [0.25, 0.3) is 0 Å². The van der Waals surface area contributed by atoms with Gasteiger partial charge in [0.15, 0.2) is 6.10 Å². The largest absolute Gasteiger partial charge is 0.462 e. The van der Waals surface area contributed by atoms with Crippen molar-refractivity contribution in [3.63, 3.8) is 0 Å². The molecule has 0 spiro atoms. The molecule has 0 radical (unpaired) electrons. The van der Waals surface area contributed by atoms with E-state index in [0.29, 0.717) is 19.3 Å². The first-order valence-corrected chi connectivity index (χ1v) is 26.9. The van der Waals surface area contributed by atoms with E-state index in [1.54, 1.807) is 0 Å². The van der Waals surface area contributed by atoms with Crippen LogP contribution in [0.3, 0.4) is 0 Å². The molecule has 0 bridgehead atoms. The Kier molecular flexibility index (Phi) is 50.5. The van der Waals surface area contributed by atoms with Gasteiger partial charge in [0.05, 0.1) is 0 Å². The summed E-state index contributed by atoms with van der Waals surface area (Å²) in [5, 5.41) is 0. The van der Waals surface area contributed by atoms with Crippen molar-refractivity contribution in [3.8, 4) is 0 Å². The molecule has 0 saturated carbocycles. The van der Waals surface area contributed by atoms with Crippen molar-refractivity contribution in [2.75, 3.05) is 13.2 Å². The van der Waals surface area contributed by atoms with Crippen LogP contribution in [0.4, 0.5) is 0 Å². The number of carbonyl (C=O) groups is 3. The average Bonchev–Trinajstić information content (AvgIpc) is 3.31. The second-order valence-electron chi connectivity index (χ2n) is 17.4. The van der Waals surface area contributed by atoms with Gasteiger partial charge in [-0.1, -0.05) is 194 Å². The first kappa shape index (κ1) is 62.1. The molecular weight excluding hydrogens is 817 g/mol. The highest BCUT2D eigenvalue weighted by atomic mass is 16.6. The van der Waals surface area contributed by atoms with Crippen molar-refractivity contribution in [3.05, 3.63) is 109 Å². The van der Waals surface area contributed by atoms with Crippen LogP contribution in [0.2, 0.25) is 0 Å². The molecule has 0 fully saturated rings. The minimum Gasteiger partial charge on any atom is -0.462 e. The Morgan fingerprint density at radius 2 is 0.561 bits per heavy atom. The molecule has 0 aromatic rings. The molecule has 0 heterocycles. The van der Waals surface area contributed by atoms with E-state index in [-0.39, 0.29) is 37.5 Å². The zero-order valence-corrected chi connectivity index (χ0v) is 42.7. The summed E-state index contributed by atoms with van der Waals surface area (Å²) in [5.74, 6) is -1.00. The van der Waals surface area contributed by atoms with Crippen molar-refractivity contribution in [1.82, 2.24) is 0 Å². The van der Waals surface area contributed by atoms with Gasteiger partial charge in [-0.3, -0.25) is 14.4 Å². The molecule has 6 nitrogen and oxygen atoms in total. The summed E-state index contributed by atoms with van der Waals surface area (Å²) in [4.78, 5) is 38.0. The summed E-state index contributed by atoms with van der Waals surface area (Å²) < 4.78 is 16.7. The third kappa shape index (κ3) is 51.1. The normalized spacial score (nSPS) is 13.0. The third-order valence-electron chi connectivity index (χ3n) is 11.0. The standard InChI is InChI=1S/C60H98O6/c1-4-7-10-13-16-19-22-25-28-29-30-31-33-35-38-41-44-47-50-53-59(62)65-56-57(55-64-58(61)52-49-46-43-40-37-34-27-24-21-18-15-12-9-6-3)66-60(63)54-51-48-45-42-39-36-32-26-23-20-17-14-11-8-5-2/h15-20,24-28,30-32,35,38-39,42,57H,4-14,21-23,29,33-34,36-37,40-41,43-56H2,1-3H3/b18-15-,19-16-,20-17-,27-24-,28-25-,31-30-,32-26-,38-35-,42-39-/t57-/m1/s1. The van der Waals surface area contributed by atoms with Crippen molar-refractivity contribution >= 4 is 17.9 Å². The van der Waals surface area contributed by atoms with Gasteiger partial charge in [0.2, 0.25) is 0 Å². The third-order valence-corrected chi connectivity index (χ3v) is 11.0. The minimum atomic E-state index is -0.819. The number of ether oxygens (including phenoxy) is 3. The van der Waals surface area contributed by atoms with Gasteiger partial charge < -0.3 is 14.2 Å². The fourth-order valence-electron chi connectivity index (χ4n) is 6.86. The maximum atomic E-state index is 12.8. The van der Waals surface area contributed by atoms with Crippen LogP contribution in [0.5, 0.6) is 0 Å². The predicted octanol–water partition coefficient (Wildman–Crippen LogP) is 17.9. The Morgan fingerprint density at radius 3 is 0.939 bits per heavy atom. The summed E-state index contributed by atoms with van der Waals surface area (Å²) in [6.45, 7) is 6.46. The Bertz CT molecular complexity index is 1370. The van der Waals surface area contributed by atoms with Crippen molar-refractivity contribution in [2.45, 2.75) is 239 Å². The van der Waals surface area contributed by atoms with E-state index in [1.165, 1.54) is 70.6 Å². The molecule has 0 aromatic carbocycles. The molecular formula is C60H98O6. The Balaban J connectivity index is 4.54. The van der Waals surface area contributed by atoms with Gasteiger partial charge in [-0.05, 0) is 128 Å². The number of esters is 3. The zero-order valence-electron chi connectivity index (χ0n) is 42.7. The molecule has 0 aliphatic rings. The van der Waals surface area contributed by atoms with E-state index in [9.17, 15) is 14.4 Å². The molecule has 0 rings (SSSR count). The lowest BCUT2D eigenvalue weighted by atomic mass is 10.1. The highest BCUT2D eigenvalue weighted by Crippen LogP contribution is 2.12. The van der Waals surface area contributed by atoms with Crippen molar-refractivity contribution in [2.24, 2.45) is 0 Å². The minimum absolute atomic E-state index is 0.113. The van der Waals surface area contributed by atoms with E-state index in [1.807, 2.05) is 0 Å². The predicted molar refractivity (Wildman–Crippen MR) is 283 cm³/mol. The van der Waals surface area contributed by atoms with Gasteiger partial charge in [-0.2, -0.15) is 0 Å². The fourth-order valence-corrected chi connectivity index (χ4v) is 6.86. The smallest absolute Gasteiger partial charge is 0.306 e. The first-order valence-electron chi connectivity index (χ1n) is 26.9. The SMILES string of the molecule is CCCC/C=C\C/C=C\CCCCCCCC(=O)OC[C@H](COC(=O)CCCCC/C=C\C/C=C\C/C=C\C/C=C\CCCCC)OC(=O)CCCC/C=C\C/C=C\C/C=C\CCCCC.